The van der Waals surface area contributed by atoms with Crippen LogP contribution in [0.1, 0.15) is 10.5 Å². The average Bonchev–Trinajstić information content (AvgIpc) is 2.75. The van der Waals surface area contributed by atoms with E-state index in [-0.39, 0.29) is 5.69 Å². The smallest absolute Gasteiger partial charge is 0.355 e. The van der Waals surface area contributed by atoms with Gasteiger partial charge in [0.15, 0.2) is 16.5 Å². The average molecular weight is 195 g/mol. The normalized spacial score (nSPS) is 10.2. The Labute approximate surface area is 77.1 Å². The quantitative estimate of drug-likeness (QED) is 0.755. The number of aromatic amines is 1. The SMILES string of the molecule is O=C(O)c1csc(-c2ncc[nH]2)n1. The number of carbonyl (C=O) groups is 1. The summed E-state index contributed by atoms with van der Waals surface area (Å²) in [6.07, 6.45) is 3.26. The molecule has 0 fully saturated rings. The van der Waals surface area contributed by atoms with E-state index in [2.05, 4.69) is 15.0 Å². The standard InChI is InChI=1S/C7H5N3O2S/c11-7(12)4-3-13-6(10-4)5-8-1-2-9-5/h1-3H,(H,8,9)(H,11,12). The Balaban J connectivity index is 2.39. The number of hydrogen-bond donors (Lipinski definition) is 2. The van der Waals surface area contributed by atoms with Gasteiger partial charge in [0, 0.05) is 17.8 Å². The van der Waals surface area contributed by atoms with Crippen LogP contribution in [0.4, 0.5) is 0 Å². The fourth-order valence-electron chi connectivity index (χ4n) is 0.863. The molecule has 0 aliphatic rings. The lowest BCUT2D eigenvalue weighted by Gasteiger charge is -1.85. The minimum atomic E-state index is -1.02. The first-order valence-electron chi connectivity index (χ1n) is 3.46. The van der Waals surface area contributed by atoms with Crippen LogP contribution in [0.2, 0.25) is 0 Å². The Morgan fingerprint density at radius 2 is 2.46 bits per heavy atom. The molecule has 0 bridgehead atoms. The molecular formula is C7H5N3O2S. The largest absolute Gasteiger partial charge is 0.476 e. The van der Waals surface area contributed by atoms with E-state index in [0.717, 1.165) is 0 Å². The molecule has 0 unspecified atom stereocenters. The summed E-state index contributed by atoms with van der Waals surface area (Å²) >= 11 is 1.25. The summed E-state index contributed by atoms with van der Waals surface area (Å²) in [5, 5.41) is 10.7. The van der Waals surface area contributed by atoms with E-state index < -0.39 is 5.97 Å². The highest BCUT2D eigenvalue weighted by molar-refractivity contribution is 7.13. The number of aromatic carboxylic acids is 1. The fraction of sp³-hybridized carbons (Fsp3) is 0. The van der Waals surface area contributed by atoms with Gasteiger partial charge in [0.1, 0.15) is 0 Å². The second-order valence-electron chi connectivity index (χ2n) is 2.28. The monoisotopic (exact) mass is 195 g/mol. The molecule has 0 saturated heterocycles. The van der Waals surface area contributed by atoms with Crippen LogP contribution in [0.25, 0.3) is 10.8 Å². The topological polar surface area (TPSA) is 78.9 Å². The van der Waals surface area contributed by atoms with Crippen LogP contribution in [0, 0.1) is 0 Å². The maximum absolute atomic E-state index is 10.5. The maximum Gasteiger partial charge on any atom is 0.355 e. The number of rotatable bonds is 2. The molecular weight excluding hydrogens is 190 g/mol. The fourth-order valence-corrected chi connectivity index (χ4v) is 1.61. The molecule has 0 spiro atoms. The van der Waals surface area contributed by atoms with Gasteiger partial charge in [0.05, 0.1) is 0 Å². The first kappa shape index (κ1) is 7.93. The highest BCUT2D eigenvalue weighted by atomic mass is 32.1. The van der Waals surface area contributed by atoms with E-state index >= 15 is 0 Å². The molecule has 0 aromatic carbocycles. The molecule has 2 aromatic rings. The Morgan fingerprint density at radius 3 is 3.00 bits per heavy atom. The van der Waals surface area contributed by atoms with Gasteiger partial charge < -0.3 is 10.1 Å². The second-order valence-corrected chi connectivity index (χ2v) is 3.14. The van der Waals surface area contributed by atoms with E-state index in [1.165, 1.54) is 16.7 Å². The van der Waals surface area contributed by atoms with Crippen molar-refractivity contribution in [1.29, 1.82) is 0 Å². The maximum atomic E-state index is 10.5. The van der Waals surface area contributed by atoms with Gasteiger partial charge in [-0.25, -0.2) is 14.8 Å². The minimum absolute atomic E-state index is 0.0522. The molecule has 2 rings (SSSR count). The molecule has 2 heterocycles. The van der Waals surface area contributed by atoms with Crippen molar-refractivity contribution in [2.45, 2.75) is 0 Å². The number of aromatic nitrogens is 3. The van der Waals surface area contributed by atoms with Crippen molar-refractivity contribution in [1.82, 2.24) is 15.0 Å². The molecule has 0 radical (unpaired) electrons. The van der Waals surface area contributed by atoms with Crippen molar-refractivity contribution in [3.05, 3.63) is 23.5 Å². The van der Waals surface area contributed by atoms with Gasteiger partial charge in [0.25, 0.3) is 0 Å². The third-order valence-corrected chi connectivity index (χ3v) is 2.27. The lowest BCUT2D eigenvalue weighted by atomic mass is 10.5. The van der Waals surface area contributed by atoms with Crippen LogP contribution in [-0.4, -0.2) is 26.0 Å². The van der Waals surface area contributed by atoms with Crippen molar-refractivity contribution in [3.63, 3.8) is 0 Å². The molecule has 0 aliphatic heterocycles. The number of hydrogen-bond acceptors (Lipinski definition) is 4. The van der Waals surface area contributed by atoms with Crippen LogP contribution < -0.4 is 0 Å². The van der Waals surface area contributed by atoms with Gasteiger partial charge in [0.2, 0.25) is 0 Å². The van der Waals surface area contributed by atoms with Crippen molar-refractivity contribution >= 4 is 17.3 Å². The molecule has 2 aromatic heterocycles. The first-order chi connectivity index (χ1) is 6.27. The number of thiazole rings is 1. The molecule has 0 aliphatic carbocycles. The summed E-state index contributed by atoms with van der Waals surface area (Å²) < 4.78 is 0. The van der Waals surface area contributed by atoms with E-state index in [0.29, 0.717) is 10.8 Å². The molecule has 6 heteroatoms. The number of imidazole rings is 1. The number of carboxylic acid groups (broad SMARTS) is 1. The zero-order chi connectivity index (χ0) is 9.26. The number of nitrogens with zero attached hydrogens (tertiary/aromatic N) is 2. The van der Waals surface area contributed by atoms with Gasteiger partial charge in [-0.1, -0.05) is 0 Å². The predicted molar refractivity (Wildman–Crippen MR) is 46.7 cm³/mol. The Bertz CT molecular complexity index is 421. The van der Waals surface area contributed by atoms with E-state index in [1.807, 2.05) is 0 Å². The van der Waals surface area contributed by atoms with Crippen LogP contribution in [0.3, 0.4) is 0 Å². The minimum Gasteiger partial charge on any atom is -0.476 e. The molecule has 0 saturated carbocycles. The van der Waals surface area contributed by atoms with E-state index in [9.17, 15) is 4.79 Å². The highest BCUT2D eigenvalue weighted by Gasteiger charge is 2.10. The first-order valence-corrected chi connectivity index (χ1v) is 4.34. The summed E-state index contributed by atoms with van der Waals surface area (Å²) in [6, 6.07) is 0. The van der Waals surface area contributed by atoms with E-state index in [4.69, 9.17) is 5.11 Å². The highest BCUT2D eigenvalue weighted by Crippen LogP contribution is 2.19. The number of carboxylic acids is 1. The lowest BCUT2D eigenvalue weighted by molar-refractivity contribution is 0.0691. The van der Waals surface area contributed by atoms with Crippen LogP contribution >= 0.6 is 11.3 Å². The summed E-state index contributed by atoms with van der Waals surface area (Å²) in [5.74, 6) is -0.424. The molecule has 2 N–H and O–H groups in total. The Kier molecular flexibility index (Phi) is 1.82. The summed E-state index contributed by atoms with van der Waals surface area (Å²) in [6.45, 7) is 0. The van der Waals surface area contributed by atoms with Crippen LogP contribution in [-0.2, 0) is 0 Å². The molecule has 0 amide bonds. The third-order valence-electron chi connectivity index (χ3n) is 1.42. The zero-order valence-electron chi connectivity index (χ0n) is 6.39. The number of H-pyrrole nitrogens is 1. The van der Waals surface area contributed by atoms with Gasteiger partial charge >= 0.3 is 5.97 Å². The predicted octanol–water partition coefficient (Wildman–Crippen LogP) is 1.23. The molecule has 66 valence electrons. The van der Waals surface area contributed by atoms with Crippen LogP contribution in [0.15, 0.2) is 17.8 Å². The van der Waals surface area contributed by atoms with Gasteiger partial charge in [-0.2, -0.15) is 0 Å². The second kappa shape index (κ2) is 2.98. The van der Waals surface area contributed by atoms with Crippen molar-refractivity contribution in [3.8, 4) is 10.8 Å². The zero-order valence-corrected chi connectivity index (χ0v) is 7.21. The lowest BCUT2D eigenvalue weighted by Crippen LogP contribution is -1.95. The Morgan fingerprint density at radius 1 is 1.62 bits per heavy atom. The van der Waals surface area contributed by atoms with Gasteiger partial charge in [-0.3, -0.25) is 0 Å². The number of nitrogens with one attached hydrogen (secondary N) is 1. The van der Waals surface area contributed by atoms with Gasteiger partial charge in [-0.05, 0) is 0 Å². The molecule has 5 nitrogen and oxygen atoms in total. The summed E-state index contributed by atoms with van der Waals surface area (Å²) in [7, 11) is 0. The summed E-state index contributed by atoms with van der Waals surface area (Å²) in [4.78, 5) is 21.2. The Hall–Kier alpha value is -1.69. The third kappa shape index (κ3) is 1.43. The van der Waals surface area contributed by atoms with Crippen molar-refractivity contribution in [2.24, 2.45) is 0 Å². The van der Waals surface area contributed by atoms with Crippen LogP contribution in [0.5, 0.6) is 0 Å². The van der Waals surface area contributed by atoms with Gasteiger partial charge in [-0.15, -0.1) is 11.3 Å². The molecule has 13 heavy (non-hydrogen) atoms. The molecule has 0 atom stereocenters. The van der Waals surface area contributed by atoms with Crippen molar-refractivity contribution in [2.75, 3.05) is 0 Å². The van der Waals surface area contributed by atoms with E-state index in [1.54, 1.807) is 12.4 Å². The summed E-state index contributed by atoms with van der Waals surface area (Å²) in [5.41, 5.74) is 0.0522. The van der Waals surface area contributed by atoms with Crippen molar-refractivity contribution < 1.29 is 9.90 Å².